The smallest absolute Gasteiger partial charge is 0.140 e. The minimum atomic E-state index is 0.0896. The van der Waals surface area contributed by atoms with E-state index in [0.717, 1.165) is 25.2 Å². The van der Waals surface area contributed by atoms with Crippen LogP contribution in [0.15, 0.2) is 36.5 Å². The second-order valence-corrected chi connectivity index (χ2v) is 5.63. The predicted octanol–water partition coefficient (Wildman–Crippen LogP) is 4.54. The SMILES string of the molecule is CCCCC(N)c1cnc(-c2ccccc2)n1CCCC. The van der Waals surface area contributed by atoms with E-state index < -0.39 is 0 Å². The van der Waals surface area contributed by atoms with E-state index in [-0.39, 0.29) is 6.04 Å². The molecule has 0 aliphatic heterocycles. The summed E-state index contributed by atoms with van der Waals surface area (Å²) in [5.74, 6) is 1.05. The number of unbranched alkanes of at least 4 members (excludes halogenated alkanes) is 2. The Hall–Kier alpha value is -1.61. The zero-order valence-electron chi connectivity index (χ0n) is 13.3. The Morgan fingerprint density at radius 2 is 1.81 bits per heavy atom. The van der Waals surface area contributed by atoms with Gasteiger partial charge < -0.3 is 10.3 Å². The molecule has 0 amide bonds. The van der Waals surface area contributed by atoms with Gasteiger partial charge in [0.05, 0.1) is 11.9 Å². The highest BCUT2D eigenvalue weighted by Gasteiger charge is 2.16. The minimum absolute atomic E-state index is 0.0896. The highest BCUT2D eigenvalue weighted by Crippen LogP contribution is 2.25. The van der Waals surface area contributed by atoms with Crippen molar-refractivity contribution in [1.82, 2.24) is 9.55 Å². The summed E-state index contributed by atoms with van der Waals surface area (Å²) in [6.07, 6.45) is 7.68. The predicted molar refractivity (Wildman–Crippen MR) is 89.0 cm³/mol. The van der Waals surface area contributed by atoms with Gasteiger partial charge in [0.25, 0.3) is 0 Å². The van der Waals surface area contributed by atoms with Crippen molar-refractivity contribution in [3.63, 3.8) is 0 Å². The van der Waals surface area contributed by atoms with Crippen LogP contribution in [0.3, 0.4) is 0 Å². The third-order valence-corrected chi connectivity index (χ3v) is 3.90. The van der Waals surface area contributed by atoms with Crippen LogP contribution in [0.2, 0.25) is 0 Å². The number of hydrogen-bond acceptors (Lipinski definition) is 2. The van der Waals surface area contributed by atoms with Crippen LogP contribution in [0.1, 0.15) is 57.7 Å². The molecule has 0 saturated carbocycles. The largest absolute Gasteiger partial charge is 0.327 e. The molecule has 2 rings (SSSR count). The van der Waals surface area contributed by atoms with Crippen LogP contribution in [0, 0.1) is 0 Å². The average Bonchev–Trinajstić information content (AvgIpc) is 2.95. The fourth-order valence-corrected chi connectivity index (χ4v) is 2.63. The highest BCUT2D eigenvalue weighted by atomic mass is 15.1. The molecule has 0 fully saturated rings. The molecule has 114 valence electrons. The maximum absolute atomic E-state index is 6.38. The van der Waals surface area contributed by atoms with E-state index in [1.54, 1.807) is 0 Å². The van der Waals surface area contributed by atoms with Gasteiger partial charge in [-0.25, -0.2) is 4.98 Å². The second-order valence-electron chi connectivity index (χ2n) is 5.63. The number of rotatable bonds is 8. The molecule has 0 aliphatic carbocycles. The lowest BCUT2D eigenvalue weighted by Crippen LogP contribution is -2.16. The number of hydrogen-bond donors (Lipinski definition) is 1. The van der Waals surface area contributed by atoms with Crippen molar-refractivity contribution < 1.29 is 0 Å². The first-order valence-corrected chi connectivity index (χ1v) is 8.14. The van der Waals surface area contributed by atoms with Crippen LogP contribution < -0.4 is 5.73 Å². The molecule has 1 atom stereocenters. The minimum Gasteiger partial charge on any atom is -0.327 e. The molecule has 0 spiro atoms. The Balaban J connectivity index is 2.31. The van der Waals surface area contributed by atoms with E-state index in [1.807, 2.05) is 12.3 Å². The van der Waals surface area contributed by atoms with Gasteiger partial charge in [-0.3, -0.25) is 0 Å². The third-order valence-electron chi connectivity index (χ3n) is 3.90. The van der Waals surface area contributed by atoms with Crippen molar-refractivity contribution in [2.45, 2.75) is 58.5 Å². The van der Waals surface area contributed by atoms with Gasteiger partial charge in [-0.05, 0) is 12.8 Å². The van der Waals surface area contributed by atoms with Gasteiger partial charge in [-0.2, -0.15) is 0 Å². The van der Waals surface area contributed by atoms with Crippen LogP contribution in [-0.4, -0.2) is 9.55 Å². The number of nitrogens with zero attached hydrogens (tertiary/aromatic N) is 2. The summed E-state index contributed by atoms with van der Waals surface area (Å²) in [4.78, 5) is 4.65. The van der Waals surface area contributed by atoms with Crippen molar-refractivity contribution in [1.29, 1.82) is 0 Å². The van der Waals surface area contributed by atoms with Gasteiger partial charge in [-0.15, -0.1) is 0 Å². The van der Waals surface area contributed by atoms with Crippen LogP contribution in [0.4, 0.5) is 0 Å². The van der Waals surface area contributed by atoms with E-state index in [4.69, 9.17) is 5.73 Å². The summed E-state index contributed by atoms with van der Waals surface area (Å²) in [5, 5.41) is 0. The van der Waals surface area contributed by atoms with Crippen molar-refractivity contribution in [2.75, 3.05) is 0 Å². The Kier molecular flexibility index (Phi) is 6.00. The van der Waals surface area contributed by atoms with Crippen molar-refractivity contribution >= 4 is 0 Å². The summed E-state index contributed by atoms with van der Waals surface area (Å²) in [5.41, 5.74) is 8.73. The van der Waals surface area contributed by atoms with Gasteiger partial charge >= 0.3 is 0 Å². The number of imidazole rings is 1. The van der Waals surface area contributed by atoms with Gasteiger partial charge in [0, 0.05) is 18.2 Å². The first-order chi connectivity index (χ1) is 10.3. The summed E-state index contributed by atoms with van der Waals surface area (Å²) < 4.78 is 2.32. The number of aromatic nitrogens is 2. The quantitative estimate of drug-likeness (QED) is 0.773. The molecule has 21 heavy (non-hydrogen) atoms. The van der Waals surface area contributed by atoms with Crippen molar-refractivity contribution in [2.24, 2.45) is 5.73 Å². The normalized spacial score (nSPS) is 12.5. The van der Waals surface area contributed by atoms with Crippen LogP contribution in [0.5, 0.6) is 0 Å². The summed E-state index contributed by atoms with van der Waals surface area (Å²) >= 11 is 0. The topological polar surface area (TPSA) is 43.8 Å². The van der Waals surface area contributed by atoms with E-state index in [1.165, 1.54) is 30.5 Å². The van der Waals surface area contributed by atoms with Gasteiger partial charge in [-0.1, -0.05) is 63.4 Å². The molecule has 3 heteroatoms. The van der Waals surface area contributed by atoms with Gasteiger partial charge in [0.2, 0.25) is 0 Å². The molecule has 0 saturated heterocycles. The average molecular weight is 285 g/mol. The number of nitrogens with two attached hydrogens (primary N) is 1. The molecule has 0 radical (unpaired) electrons. The molecule has 2 aromatic rings. The molecule has 2 N–H and O–H groups in total. The fourth-order valence-electron chi connectivity index (χ4n) is 2.63. The lowest BCUT2D eigenvalue weighted by atomic mass is 10.1. The Morgan fingerprint density at radius 3 is 2.48 bits per heavy atom. The van der Waals surface area contributed by atoms with Crippen molar-refractivity contribution in [3.05, 3.63) is 42.2 Å². The second kappa shape index (κ2) is 7.99. The Morgan fingerprint density at radius 1 is 1.10 bits per heavy atom. The highest BCUT2D eigenvalue weighted by molar-refractivity contribution is 5.56. The molecular weight excluding hydrogens is 258 g/mol. The van der Waals surface area contributed by atoms with Crippen LogP contribution >= 0.6 is 0 Å². The molecule has 0 bridgehead atoms. The fraction of sp³-hybridized carbons (Fsp3) is 0.500. The van der Waals surface area contributed by atoms with Crippen molar-refractivity contribution in [3.8, 4) is 11.4 Å². The molecule has 1 aromatic heterocycles. The molecule has 1 heterocycles. The van der Waals surface area contributed by atoms with Gasteiger partial charge in [0.1, 0.15) is 5.82 Å². The lowest BCUT2D eigenvalue weighted by Gasteiger charge is -2.16. The zero-order chi connectivity index (χ0) is 15.1. The van der Waals surface area contributed by atoms with Crippen LogP contribution in [0.25, 0.3) is 11.4 Å². The zero-order valence-corrected chi connectivity index (χ0v) is 13.3. The first kappa shape index (κ1) is 15.8. The van der Waals surface area contributed by atoms with E-state index in [2.05, 4.69) is 47.7 Å². The molecule has 3 nitrogen and oxygen atoms in total. The summed E-state index contributed by atoms with van der Waals surface area (Å²) in [6.45, 7) is 5.42. The van der Waals surface area contributed by atoms with Gasteiger partial charge in [0.15, 0.2) is 0 Å². The van der Waals surface area contributed by atoms with E-state index >= 15 is 0 Å². The Bertz CT molecular complexity index is 531. The molecule has 1 unspecified atom stereocenters. The Labute approximate surface area is 128 Å². The molecule has 0 aliphatic rings. The summed E-state index contributed by atoms with van der Waals surface area (Å²) in [6, 6.07) is 10.5. The van der Waals surface area contributed by atoms with Crippen LogP contribution in [-0.2, 0) is 6.54 Å². The maximum Gasteiger partial charge on any atom is 0.140 e. The molecule has 1 aromatic carbocycles. The molecular formula is C18H27N3. The maximum atomic E-state index is 6.38. The van der Waals surface area contributed by atoms with E-state index in [0.29, 0.717) is 0 Å². The number of benzene rings is 1. The first-order valence-electron chi connectivity index (χ1n) is 8.14. The summed E-state index contributed by atoms with van der Waals surface area (Å²) in [7, 11) is 0. The standard InChI is InChI=1S/C18H27N3/c1-3-5-12-16(19)17-14-20-18(21(17)13-6-4-2)15-10-8-7-9-11-15/h7-11,14,16H,3-6,12-13,19H2,1-2H3. The monoisotopic (exact) mass is 285 g/mol. The lowest BCUT2D eigenvalue weighted by molar-refractivity contribution is 0.537. The van der Waals surface area contributed by atoms with E-state index in [9.17, 15) is 0 Å². The third kappa shape index (κ3) is 3.94.